The summed E-state index contributed by atoms with van der Waals surface area (Å²) in [4.78, 5) is 10.7. The molecule has 5 nitrogen and oxygen atoms in total. The molecule has 0 aliphatic rings. The molecule has 0 N–H and O–H groups in total. The summed E-state index contributed by atoms with van der Waals surface area (Å²) in [6.07, 6.45) is 0. The zero-order valence-corrected chi connectivity index (χ0v) is 44.9. The average Bonchev–Trinajstić information content (AvgIpc) is 4.23. The Bertz CT molecular complexity index is 4320. The first-order chi connectivity index (χ1) is 39.3. The smallest absolute Gasteiger partial charge is 0.160 e. The van der Waals surface area contributed by atoms with Crippen LogP contribution in [0.25, 0.3) is 133 Å². The Labute approximate surface area is 465 Å². The predicted molar refractivity (Wildman–Crippen MR) is 332 cm³/mol. The van der Waals surface area contributed by atoms with Crippen molar-refractivity contribution in [3.8, 4) is 95.9 Å². The maximum atomic E-state index is 12.1. The zero-order valence-electron chi connectivity index (χ0n) is 44.9. The molecule has 0 amide bonds. The van der Waals surface area contributed by atoms with E-state index < -0.39 is 0 Å². The summed E-state index contributed by atoms with van der Waals surface area (Å²) in [6, 6.07) is 91.4. The second kappa shape index (κ2) is 19.6. The molecule has 5 heteroatoms. The number of rotatable bonds is 9. The SMILES string of the molecule is Cc1ccccc1-c1ccc2c(c1)c1cc(-c3ccccc3C)ccc1n2-c1cc(-c2cc(-c3ccccc3)nc(-c3ccccc3)n2)cc(-n2c3ccc(-c4ccccc4C)cc3c3cc(-c4ccccc4C)ccc32)c1C#N. The van der Waals surface area contributed by atoms with Crippen molar-refractivity contribution in [3.05, 3.63) is 277 Å². The molecule has 0 saturated heterocycles. The molecular weight excluding hydrogens is 971 g/mol. The van der Waals surface area contributed by atoms with E-state index in [1.807, 2.05) is 36.4 Å². The highest BCUT2D eigenvalue weighted by Crippen LogP contribution is 2.44. The molecule has 3 aromatic heterocycles. The highest BCUT2D eigenvalue weighted by molar-refractivity contribution is 6.14. The quantitative estimate of drug-likeness (QED) is 0.145. The number of hydrogen-bond acceptors (Lipinski definition) is 3. The van der Waals surface area contributed by atoms with Crippen molar-refractivity contribution < 1.29 is 0 Å². The Morgan fingerprint density at radius 1 is 0.300 bits per heavy atom. The number of aromatic nitrogens is 4. The van der Waals surface area contributed by atoms with E-state index in [0.717, 1.165) is 105 Å². The van der Waals surface area contributed by atoms with Gasteiger partial charge in [-0.3, -0.25) is 0 Å². The van der Waals surface area contributed by atoms with Gasteiger partial charge in [0, 0.05) is 38.2 Å². The molecule has 0 bridgehead atoms. The summed E-state index contributed by atoms with van der Waals surface area (Å²) in [5.74, 6) is 0.614. The van der Waals surface area contributed by atoms with Gasteiger partial charge in [-0.05, 0) is 161 Å². The fraction of sp³-hybridized carbons (Fsp3) is 0.0533. The number of hydrogen-bond donors (Lipinski definition) is 0. The highest BCUT2D eigenvalue weighted by Gasteiger charge is 2.25. The maximum Gasteiger partial charge on any atom is 0.160 e. The summed E-state index contributed by atoms with van der Waals surface area (Å²) < 4.78 is 4.63. The first-order valence-electron chi connectivity index (χ1n) is 27.3. The molecular formula is C75H53N5. The van der Waals surface area contributed by atoms with Crippen molar-refractivity contribution in [1.29, 1.82) is 5.26 Å². The molecule has 0 spiro atoms. The topological polar surface area (TPSA) is 59.4 Å². The Hall–Kier alpha value is -10.4. The van der Waals surface area contributed by atoms with Gasteiger partial charge < -0.3 is 9.13 Å². The van der Waals surface area contributed by atoms with E-state index >= 15 is 0 Å². The largest absolute Gasteiger partial charge is 0.308 e. The normalized spacial score (nSPS) is 11.5. The molecule has 0 atom stereocenters. The molecule has 0 fully saturated rings. The van der Waals surface area contributed by atoms with Crippen molar-refractivity contribution in [3.63, 3.8) is 0 Å². The van der Waals surface area contributed by atoms with Gasteiger partial charge in [0.1, 0.15) is 11.6 Å². The van der Waals surface area contributed by atoms with Crippen LogP contribution in [0.1, 0.15) is 27.8 Å². The summed E-state index contributed by atoms with van der Waals surface area (Å²) in [6.45, 7) is 8.69. The summed E-state index contributed by atoms with van der Waals surface area (Å²) in [5, 5.41) is 16.5. The van der Waals surface area contributed by atoms with Gasteiger partial charge in [-0.15, -0.1) is 0 Å². The third-order valence-corrected chi connectivity index (χ3v) is 16.2. The van der Waals surface area contributed by atoms with Crippen LogP contribution in [0, 0.1) is 39.0 Å². The summed E-state index contributed by atoms with van der Waals surface area (Å²) in [7, 11) is 0. The maximum absolute atomic E-state index is 12.1. The van der Waals surface area contributed by atoms with Crippen LogP contribution in [0.2, 0.25) is 0 Å². The lowest BCUT2D eigenvalue weighted by Crippen LogP contribution is -2.06. The van der Waals surface area contributed by atoms with Crippen molar-refractivity contribution in [2.75, 3.05) is 0 Å². The molecule has 3 heterocycles. The standard InChI is InChI=1S/C75H53N5/c1-47-19-11-15-27-58(47)53-31-35-69-62(39-53)63-40-54(59-28-16-12-20-48(59)2)32-36-70(63)79(69)73-43-57(68-45-67(51-23-7-5-8-24-51)77-75(78-68)52-25-9-6-10-26-52)44-74(66(73)46-76)80-71-37-33-55(60-29-17-13-21-49(60)3)41-64(71)65-42-56(34-38-72(65)80)61-30-18-14-22-50(61)4/h5-45H,1-4H3. The summed E-state index contributed by atoms with van der Waals surface area (Å²) >= 11 is 0. The molecule has 378 valence electrons. The van der Waals surface area contributed by atoms with Gasteiger partial charge >= 0.3 is 0 Å². The van der Waals surface area contributed by atoms with Gasteiger partial charge in [-0.2, -0.15) is 5.26 Å². The van der Waals surface area contributed by atoms with Gasteiger partial charge in [-0.1, -0.05) is 182 Å². The fourth-order valence-electron chi connectivity index (χ4n) is 12.1. The Kier molecular flexibility index (Phi) is 11.7. The van der Waals surface area contributed by atoms with Crippen molar-refractivity contribution in [1.82, 2.24) is 19.1 Å². The van der Waals surface area contributed by atoms with Crippen LogP contribution < -0.4 is 0 Å². The second-order valence-corrected chi connectivity index (χ2v) is 21.1. The first-order valence-corrected chi connectivity index (χ1v) is 27.3. The molecule has 0 saturated carbocycles. The van der Waals surface area contributed by atoms with Gasteiger partial charge in [0.2, 0.25) is 0 Å². The van der Waals surface area contributed by atoms with Crippen LogP contribution in [0.15, 0.2) is 249 Å². The van der Waals surface area contributed by atoms with Crippen molar-refractivity contribution in [2.45, 2.75) is 27.7 Å². The molecule has 11 aromatic carbocycles. The number of aryl methyl sites for hydroxylation is 4. The molecule has 14 aromatic rings. The molecule has 80 heavy (non-hydrogen) atoms. The van der Waals surface area contributed by atoms with Gasteiger partial charge in [0.05, 0.1) is 44.8 Å². The molecule has 0 aliphatic heterocycles. The second-order valence-electron chi connectivity index (χ2n) is 21.1. The van der Waals surface area contributed by atoms with Crippen LogP contribution in [0.3, 0.4) is 0 Å². The number of fused-ring (bicyclic) bond motifs is 6. The minimum atomic E-state index is 0.531. The number of benzene rings is 11. The molecule has 0 radical (unpaired) electrons. The van der Waals surface area contributed by atoms with Crippen LogP contribution in [0.5, 0.6) is 0 Å². The molecule has 0 aliphatic carbocycles. The molecule has 14 rings (SSSR count). The van der Waals surface area contributed by atoms with E-state index in [0.29, 0.717) is 11.4 Å². The van der Waals surface area contributed by atoms with Gasteiger partial charge in [0.25, 0.3) is 0 Å². The summed E-state index contributed by atoms with van der Waals surface area (Å²) in [5.41, 5.74) is 24.3. The van der Waals surface area contributed by atoms with E-state index in [9.17, 15) is 5.26 Å². The average molecular weight is 1020 g/mol. The Balaban J connectivity index is 1.11. The van der Waals surface area contributed by atoms with E-state index in [2.05, 4.69) is 255 Å². The van der Waals surface area contributed by atoms with Crippen LogP contribution in [-0.4, -0.2) is 19.1 Å². The van der Waals surface area contributed by atoms with E-state index in [1.54, 1.807) is 0 Å². The molecule has 0 unspecified atom stereocenters. The zero-order chi connectivity index (χ0) is 54.0. The lowest BCUT2D eigenvalue weighted by molar-refractivity contribution is 1.11. The van der Waals surface area contributed by atoms with Crippen LogP contribution >= 0.6 is 0 Å². The van der Waals surface area contributed by atoms with E-state index in [-0.39, 0.29) is 0 Å². The fourth-order valence-corrected chi connectivity index (χ4v) is 12.1. The predicted octanol–water partition coefficient (Wildman–Crippen LogP) is 19.4. The Morgan fingerprint density at radius 2 is 0.613 bits per heavy atom. The van der Waals surface area contributed by atoms with Gasteiger partial charge in [0.15, 0.2) is 5.82 Å². The minimum Gasteiger partial charge on any atom is -0.308 e. The lowest BCUT2D eigenvalue weighted by atomic mass is 9.97. The third-order valence-electron chi connectivity index (χ3n) is 16.2. The van der Waals surface area contributed by atoms with E-state index in [1.165, 1.54) is 44.5 Å². The first kappa shape index (κ1) is 48.0. The van der Waals surface area contributed by atoms with Crippen molar-refractivity contribution >= 4 is 43.6 Å². The van der Waals surface area contributed by atoms with Gasteiger partial charge in [-0.25, -0.2) is 9.97 Å². The Morgan fingerprint density at radius 3 is 0.950 bits per heavy atom. The monoisotopic (exact) mass is 1020 g/mol. The van der Waals surface area contributed by atoms with Crippen molar-refractivity contribution in [2.24, 2.45) is 0 Å². The third kappa shape index (κ3) is 8.16. The number of nitriles is 1. The number of nitrogens with zero attached hydrogens (tertiary/aromatic N) is 5. The van der Waals surface area contributed by atoms with Crippen LogP contribution in [-0.2, 0) is 0 Å². The highest BCUT2D eigenvalue weighted by atomic mass is 15.0. The van der Waals surface area contributed by atoms with E-state index in [4.69, 9.17) is 9.97 Å². The van der Waals surface area contributed by atoms with Crippen LogP contribution in [0.4, 0.5) is 0 Å². The lowest BCUT2D eigenvalue weighted by Gasteiger charge is -2.19. The minimum absolute atomic E-state index is 0.531.